The average Bonchev–Trinajstić information content (AvgIpc) is 3.03. The van der Waals surface area contributed by atoms with Crippen LogP contribution in [0.25, 0.3) is 11.0 Å². The molecule has 0 aliphatic heterocycles. The lowest BCUT2D eigenvalue weighted by Crippen LogP contribution is -2.29. The number of para-hydroxylation sites is 2. The number of halogens is 1. The van der Waals surface area contributed by atoms with E-state index in [2.05, 4.69) is 15.3 Å². The molecule has 1 heterocycles. The first-order chi connectivity index (χ1) is 12.0. The van der Waals surface area contributed by atoms with Crippen LogP contribution in [0.1, 0.15) is 35.6 Å². The summed E-state index contributed by atoms with van der Waals surface area (Å²) in [5, 5.41) is 13.9. The van der Waals surface area contributed by atoms with Crippen LogP contribution < -0.4 is 5.32 Å². The SMILES string of the molecule is CCC(NC(=O)c1cc([N+](=O)[O-])ccc1Cl)c1nc2ccccc2[nH]1. The first kappa shape index (κ1) is 16.9. The van der Waals surface area contributed by atoms with Gasteiger partial charge < -0.3 is 10.3 Å². The summed E-state index contributed by atoms with van der Waals surface area (Å²) in [4.78, 5) is 30.5. The fraction of sp³-hybridized carbons (Fsp3) is 0.176. The number of aromatic nitrogens is 2. The van der Waals surface area contributed by atoms with Crippen molar-refractivity contribution in [1.82, 2.24) is 15.3 Å². The van der Waals surface area contributed by atoms with Crippen LogP contribution in [0, 0.1) is 10.1 Å². The second-order valence-corrected chi connectivity index (χ2v) is 5.90. The highest BCUT2D eigenvalue weighted by molar-refractivity contribution is 6.34. The molecule has 1 unspecified atom stereocenters. The highest BCUT2D eigenvalue weighted by atomic mass is 35.5. The van der Waals surface area contributed by atoms with E-state index in [9.17, 15) is 14.9 Å². The Labute approximate surface area is 148 Å². The first-order valence-electron chi connectivity index (χ1n) is 7.69. The van der Waals surface area contributed by atoms with Crippen molar-refractivity contribution in [3.05, 3.63) is 69.0 Å². The lowest BCUT2D eigenvalue weighted by atomic mass is 10.1. The largest absolute Gasteiger partial charge is 0.342 e. The third-order valence-corrected chi connectivity index (χ3v) is 4.19. The van der Waals surface area contributed by atoms with Gasteiger partial charge in [-0.15, -0.1) is 0 Å². The van der Waals surface area contributed by atoms with Crippen LogP contribution in [0.3, 0.4) is 0 Å². The number of nitrogens with zero attached hydrogens (tertiary/aromatic N) is 2. The Kier molecular flexibility index (Phi) is 4.67. The Hall–Kier alpha value is -2.93. The van der Waals surface area contributed by atoms with Gasteiger partial charge in [-0.05, 0) is 24.6 Å². The van der Waals surface area contributed by atoms with E-state index < -0.39 is 10.8 Å². The zero-order valence-electron chi connectivity index (χ0n) is 13.3. The Balaban J connectivity index is 1.87. The fourth-order valence-corrected chi connectivity index (χ4v) is 2.74. The molecule has 25 heavy (non-hydrogen) atoms. The topological polar surface area (TPSA) is 101 Å². The summed E-state index contributed by atoms with van der Waals surface area (Å²) in [6, 6.07) is 11.0. The van der Waals surface area contributed by atoms with E-state index in [1.54, 1.807) is 0 Å². The van der Waals surface area contributed by atoms with Crippen molar-refractivity contribution >= 4 is 34.2 Å². The number of carbonyl (C=O) groups excluding carboxylic acids is 1. The second kappa shape index (κ2) is 6.90. The van der Waals surface area contributed by atoms with Gasteiger partial charge in [-0.1, -0.05) is 30.7 Å². The highest BCUT2D eigenvalue weighted by Gasteiger charge is 2.21. The quantitative estimate of drug-likeness (QED) is 0.531. The molecule has 3 rings (SSSR count). The zero-order valence-corrected chi connectivity index (χ0v) is 14.1. The molecule has 0 aliphatic carbocycles. The zero-order chi connectivity index (χ0) is 18.0. The van der Waals surface area contributed by atoms with Crippen LogP contribution in [-0.4, -0.2) is 20.8 Å². The molecule has 1 amide bonds. The fourth-order valence-electron chi connectivity index (χ4n) is 2.54. The smallest absolute Gasteiger partial charge is 0.270 e. The molecule has 3 aromatic rings. The van der Waals surface area contributed by atoms with E-state index in [4.69, 9.17) is 11.6 Å². The molecule has 0 radical (unpaired) electrons. The van der Waals surface area contributed by atoms with E-state index >= 15 is 0 Å². The molecule has 8 heteroatoms. The van der Waals surface area contributed by atoms with Crippen LogP contribution in [0.2, 0.25) is 5.02 Å². The lowest BCUT2D eigenvalue weighted by Gasteiger charge is -2.15. The molecule has 0 spiro atoms. The van der Waals surface area contributed by atoms with Crippen molar-refractivity contribution < 1.29 is 9.72 Å². The Bertz CT molecular complexity index is 921. The van der Waals surface area contributed by atoms with Gasteiger partial charge in [0.05, 0.1) is 32.6 Å². The van der Waals surface area contributed by atoms with E-state index in [0.717, 1.165) is 11.0 Å². The molecule has 0 fully saturated rings. The van der Waals surface area contributed by atoms with Crippen molar-refractivity contribution in [1.29, 1.82) is 0 Å². The van der Waals surface area contributed by atoms with Gasteiger partial charge in [0, 0.05) is 12.1 Å². The molecule has 0 bridgehead atoms. The highest BCUT2D eigenvalue weighted by Crippen LogP contribution is 2.24. The summed E-state index contributed by atoms with van der Waals surface area (Å²) in [5.41, 5.74) is 1.55. The molecule has 128 valence electrons. The van der Waals surface area contributed by atoms with Crippen LogP contribution in [0.5, 0.6) is 0 Å². The van der Waals surface area contributed by atoms with Crippen LogP contribution in [-0.2, 0) is 0 Å². The van der Waals surface area contributed by atoms with Gasteiger partial charge in [0.1, 0.15) is 5.82 Å². The first-order valence-corrected chi connectivity index (χ1v) is 8.07. The van der Waals surface area contributed by atoms with Crippen molar-refractivity contribution in [2.75, 3.05) is 0 Å². The summed E-state index contributed by atoms with van der Waals surface area (Å²) in [7, 11) is 0. The van der Waals surface area contributed by atoms with Gasteiger partial charge in [0.15, 0.2) is 0 Å². The molecule has 0 saturated heterocycles. The minimum Gasteiger partial charge on any atom is -0.342 e. The van der Waals surface area contributed by atoms with Crippen molar-refractivity contribution in [3.8, 4) is 0 Å². The van der Waals surface area contributed by atoms with Gasteiger partial charge in [0.25, 0.3) is 11.6 Å². The number of non-ortho nitro benzene ring substituents is 1. The predicted octanol–water partition coefficient (Wildman–Crippen LogP) is 4.01. The number of fused-ring (bicyclic) bond motifs is 1. The average molecular weight is 359 g/mol. The second-order valence-electron chi connectivity index (χ2n) is 5.49. The number of nitro groups is 1. The van der Waals surface area contributed by atoms with E-state index in [1.807, 2.05) is 31.2 Å². The predicted molar refractivity (Wildman–Crippen MR) is 94.7 cm³/mol. The number of benzene rings is 2. The van der Waals surface area contributed by atoms with Gasteiger partial charge in [-0.3, -0.25) is 14.9 Å². The third-order valence-electron chi connectivity index (χ3n) is 3.86. The molecule has 0 saturated carbocycles. The summed E-state index contributed by atoms with van der Waals surface area (Å²) < 4.78 is 0. The molecule has 0 aliphatic rings. The number of amides is 1. The Morgan fingerprint density at radius 1 is 1.36 bits per heavy atom. The van der Waals surface area contributed by atoms with Crippen molar-refractivity contribution in [2.24, 2.45) is 0 Å². The monoisotopic (exact) mass is 358 g/mol. The minimum atomic E-state index is -0.566. The number of imidazole rings is 1. The number of H-pyrrole nitrogens is 1. The Morgan fingerprint density at radius 3 is 2.80 bits per heavy atom. The number of rotatable bonds is 5. The normalized spacial score (nSPS) is 12.1. The Morgan fingerprint density at radius 2 is 2.12 bits per heavy atom. The van der Waals surface area contributed by atoms with Gasteiger partial charge in [-0.2, -0.15) is 0 Å². The number of hydrogen-bond donors (Lipinski definition) is 2. The summed E-state index contributed by atoms with van der Waals surface area (Å²) in [6.45, 7) is 1.91. The lowest BCUT2D eigenvalue weighted by molar-refractivity contribution is -0.384. The van der Waals surface area contributed by atoms with Crippen LogP contribution >= 0.6 is 11.6 Å². The standard InChI is InChI=1S/C17H15ClN4O3/c1-2-13(16-19-14-5-3-4-6-15(14)20-16)21-17(23)11-9-10(22(24)25)7-8-12(11)18/h3-9,13H,2H2,1H3,(H,19,20)(H,21,23). The molecule has 1 aromatic heterocycles. The molecule has 2 N–H and O–H groups in total. The molecule has 1 atom stereocenters. The minimum absolute atomic E-state index is 0.0606. The van der Waals surface area contributed by atoms with E-state index in [1.165, 1.54) is 18.2 Å². The maximum Gasteiger partial charge on any atom is 0.270 e. The summed E-state index contributed by atoms with van der Waals surface area (Å²) in [6.07, 6.45) is 0.595. The number of hydrogen-bond acceptors (Lipinski definition) is 4. The van der Waals surface area contributed by atoms with Crippen LogP contribution in [0.15, 0.2) is 42.5 Å². The number of aromatic amines is 1. The summed E-state index contributed by atoms with van der Waals surface area (Å²) >= 11 is 6.03. The molecule has 7 nitrogen and oxygen atoms in total. The van der Waals surface area contributed by atoms with Crippen LogP contribution in [0.4, 0.5) is 5.69 Å². The van der Waals surface area contributed by atoms with E-state index in [-0.39, 0.29) is 22.3 Å². The molecule has 2 aromatic carbocycles. The molecular formula is C17H15ClN4O3. The number of nitrogens with one attached hydrogen (secondary N) is 2. The van der Waals surface area contributed by atoms with Gasteiger partial charge >= 0.3 is 0 Å². The maximum absolute atomic E-state index is 12.5. The maximum atomic E-state index is 12.5. The van der Waals surface area contributed by atoms with Gasteiger partial charge in [-0.25, -0.2) is 4.98 Å². The number of nitro benzene ring substituents is 1. The van der Waals surface area contributed by atoms with E-state index in [0.29, 0.717) is 12.2 Å². The van der Waals surface area contributed by atoms with Crippen molar-refractivity contribution in [2.45, 2.75) is 19.4 Å². The number of carbonyl (C=O) groups is 1. The summed E-state index contributed by atoms with van der Waals surface area (Å²) in [5.74, 6) is 0.139. The van der Waals surface area contributed by atoms with Crippen molar-refractivity contribution in [3.63, 3.8) is 0 Å². The third kappa shape index (κ3) is 3.46. The van der Waals surface area contributed by atoms with Gasteiger partial charge in [0.2, 0.25) is 0 Å². The molecular weight excluding hydrogens is 344 g/mol.